The van der Waals surface area contributed by atoms with E-state index in [1.165, 1.54) is 19.2 Å². The Bertz CT molecular complexity index is 808. The molecule has 2 atom stereocenters. The van der Waals surface area contributed by atoms with Gasteiger partial charge in [-0.25, -0.2) is 10.4 Å². The van der Waals surface area contributed by atoms with Crippen LogP contribution in [0.5, 0.6) is 0 Å². The lowest BCUT2D eigenvalue weighted by Crippen LogP contribution is -2.56. The van der Waals surface area contributed by atoms with E-state index in [1.807, 2.05) is 0 Å². The molecular formula is C21H31N5O6. The highest BCUT2D eigenvalue weighted by atomic mass is 16.5. The van der Waals surface area contributed by atoms with Crippen molar-refractivity contribution in [1.29, 1.82) is 0 Å². The predicted molar refractivity (Wildman–Crippen MR) is 112 cm³/mol. The number of nitrogens with zero attached hydrogens (tertiary/aromatic N) is 3. The number of carboxylic acid groups (broad SMARTS) is 1. The van der Waals surface area contributed by atoms with Crippen molar-refractivity contribution in [3.63, 3.8) is 0 Å². The average molecular weight is 450 g/mol. The minimum absolute atomic E-state index is 0.0148. The normalized spacial score (nSPS) is 20.5. The van der Waals surface area contributed by atoms with Crippen molar-refractivity contribution < 1.29 is 28.8 Å². The summed E-state index contributed by atoms with van der Waals surface area (Å²) in [5.74, 6) is -2.88. The Morgan fingerprint density at radius 2 is 2.06 bits per heavy atom. The number of nitrogens with one attached hydrogen (secondary N) is 2. The summed E-state index contributed by atoms with van der Waals surface area (Å²) in [7, 11) is 0. The molecule has 32 heavy (non-hydrogen) atoms. The number of hydrogen-bond donors (Lipinski definition) is 3. The van der Waals surface area contributed by atoms with Gasteiger partial charge in [0.15, 0.2) is 0 Å². The van der Waals surface area contributed by atoms with Gasteiger partial charge in [0.1, 0.15) is 6.04 Å². The monoisotopic (exact) mass is 449 g/mol. The van der Waals surface area contributed by atoms with Gasteiger partial charge in [0, 0.05) is 25.6 Å². The zero-order chi connectivity index (χ0) is 23.1. The van der Waals surface area contributed by atoms with Crippen LogP contribution in [0.15, 0.2) is 16.8 Å². The summed E-state index contributed by atoms with van der Waals surface area (Å²) in [5.41, 5.74) is 2.45. The smallest absolute Gasteiger partial charge is 0.322 e. The van der Waals surface area contributed by atoms with Crippen LogP contribution < -0.4 is 10.7 Å². The standard InChI is InChI=1S/C21H31N5O6/c1-14(21(30)31)24-26(20(29)17-8-11-23-32-17)19(28)16-3-2-12-25(13-16)18(27)5-4-15-6-9-22-10-7-15/h8,11,14-16,22,24H,2-7,9-10,12-13H2,1H3,(H,30,31)/t14-,16-/m1/s1. The summed E-state index contributed by atoms with van der Waals surface area (Å²) in [4.78, 5) is 51.7. The van der Waals surface area contributed by atoms with Crippen LogP contribution in [0.1, 0.15) is 56.0 Å². The highest BCUT2D eigenvalue weighted by Crippen LogP contribution is 2.23. The van der Waals surface area contributed by atoms with Crippen molar-refractivity contribution in [2.45, 2.75) is 51.5 Å². The van der Waals surface area contributed by atoms with E-state index < -0.39 is 29.7 Å². The molecule has 3 heterocycles. The first-order valence-electron chi connectivity index (χ1n) is 11.1. The van der Waals surface area contributed by atoms with Crippen LogP contribution in [0, 0.1) is 11.8 Å². The predicted octanol–water partition coefficient (Wildman–Crippen LogP) is 0.640. The van der Waals surface area contributed by atoms with Gasteiger partial charge in [0.2, 0.25) is 17.6 Å². The van der Waals surface area contributed by atoms with E-state index in [4.69, 9.17) is 4.52 Å². The van der Waals surface area contributed by atoms with Gasteiger partial charge >= 0.3 is 11.9 Å². The number of amides is 3. The summed E-state index contributed by atoms with van der Waals surface area (Å²) in [6, 6.07) is 0.116. The van der Waals surface area contributed by atoms with Gasteiger partial charge in [0.25, 0.3) is 0 Å². The molecule has 1 aromatic rings. The van der Waals surface area contributed by atoms with Crippen LogP contribution in [-0.4, -0.2) is 76.1 Å². The number of rotatable bonds is 8. The SMILES string of the molecule is C[C@@H](NN(C(=O)c1ccno1)C(=O)[C@@H]1CCCN(C(=O)CCC2CCNCC2)C1)C(=O)O. The molecule has 2 saturated heterocycles. The molecule has 0 unspecified atom stereocenters. The molecule has 2 aliphatic heterocycles. The molecule has 11 heteroatoms. The summed E-state index contributed by atoms with van der Waals surface area (Å²) in [5, 5.41) is 16.7. The number of carbonyl (C=O) groups excluding carboxylic acids is 3. The Balaban J connectivity index is 1.63. The maximum Gasteiger partial charge on any atom is 0.322 e. The van der Waals surface area contributed by atoms with Gasteiger partial charge in [-0.3, -0.25) is 19.2 Å². The highest BCUT2D eigenvalue weighted by molar-refractivity contribution is 6.03. The van der Waals surface area contributed by atoms with Gasteiger partial charge in [-0.1, -0.05) is 5.16 Å². The topological polar surface area (TPSA) is 145 Å². The fourth-order valence-corrected chi connectivity index (χ4v) is 4.15. The van der Waals surface area contributed by atoms with E-state index in [1.54, 1.807) is 4.90 Å². The maximum absolute atomic E-state index is 13.2. The second-order valence-electron chi connectivity index (χ2n) is 8.46. The molecule has 2 fully saturated rings. The lowest BCUT2D eigenvalue weighted by Gasteiger charge is -2.35. The lowest BCUT2D eigenvalue weighted by molar-refractivity contribution is -0.144. The van der Waals surface area contributed by atoms with Crippen LogP contribution in [0.2, 0.25) is 0 Å². The molecule has 176 valence electrons. The fourth-order valence-electron chi connectivity index (χ4n) is 4.15. The lowest BCUT2D eigenvalue weighted by atomic mass is 9.92. The molecular weight excluding hydrogens is 418 g/mol. The van der Waals surface area contributed by atoms with Crippen LogP contribution in [0.25, 0.3) is 0 Å². The molecule has 3 N–H and O–H groups in total. The minimum atomic E-state index is -1.22. The maximum atomic E-state index is 13.2. The molecule has 0 spiro atoms. The quantitative estimate of drug-likeness (QED) is 0.384. The van der Waals surface area contributed by atoms with Gasteiger partial charge < -0.3 is 19.8 Å². The summed E-state index contributed by atoms with van der Waals surface area (Å²) in [6.45, 7) is 4.07. The third kappa shape index (κ3) is 6.13. The van der Waals surface area contributed by atoms with Crippen LogP contribution in [0.4, 0.5) is 0 Å². The van der Waals surface area contributed by atoms with Crippen molar-refractivity contribution in [2.24, 2.45) is 11.8 Å². The van der Waals surface area contributed by atoms with Crippen molar-refractivity contribution in [1.82, 2.24) is 25.8 Å². The summed E-state index contributed by atoms with van der Waals surface area (Å²) in [6.07, 6.45) is 5.82. The number of carbonyl (C=O) groups is 4. The van der Waals surface area contributed by atoms with Crippen LogP contribution in [-0.2, 0) is 14.4 Å². The second kappa shape index (κ2) is 11.2. The summed E-state index contributed by atoms with van der Waals surface area (Å²) >= 11 is 0. The molecule has 0 saturated carbocycles. The van der Waals surface area contributed by atoms with Gasteiger partial charge in [-0.15, -0.1) is 0 Å². The first kappa shape index (κ1) is 23.9. The fraction of sp³-hybridized carbons (Fsp3) is 0.667. The highest BCUT2D eigenvalue weighted by Gasteiger charge is 2.36. The molecule has 3 amide bonds. The Morgan fingerprint density at radius 1 is 1.31 bits per heavy atom. The van der Waals surface area contributed by atoms with Crippen molar-refractivity contribution in [3.05, 3.63) is 18.0 Å². The first-order valence-corrected chi connectivity index (χ1v) is 11.1. The van der Waals surface area contributed by atoms with Crippen LogP contribution in [0.3, 0.4) is 0 Å². The molecule has 1 aromatic heterocycles. The van der Waals surface area contributed by atoms with E-state index in [0.29, 0.717) is 36.7 Å². The largest absolute Gasteiger partial charge is 0.480 e. The minimum Gasteiger partial charge on any atom is -0.480 e. The number of aliphatic carboxylic acids is 1. The molecule has 0 aromatic carbocycles. The van der Waals surface area contributed by atoms with E-state index >= 15 is 0 Å². The number of hydrazine groups is 1. The number of hydrogen-bond acceptors (Lipinski definition) is 8. The van der Waals surface area contributed by atoms with Gasteiger partial charge in [0.05, 0.1) is 12.1 Å². The van der Waals surface area contributed by atoms with E-state index in [-0.39, 0.29) is 18.2 Å². The molecule has 3 rings (SSSR count). The third-order valence-electron chi connectivity index (χ3n) is 6.11. The number of aromatic nitrogens is 1. The molecule has 2 aliphatic rings. The first-order chi connectivity index (χ1) is 15.4. The Hall–Kier alpha value is -2.79. The third-order valence-corrected chi connectivity index (χ3v) is 6.11. The Kier molecular flexibility index (Phi) is 8.34. The molecule has 0 aliphatic carbocycles. The number of piperidine rings is 2. The number of imide groups is 1. The van der Waals surface area contributed by atoms with Crippen molar-refractivity contribution in [2.75, 3.05) is 26.2 Å². The van der Waals surface area contributed by atoms with E-state index in [0.717, 1.165) is 32.4 Å². The van der Waals surface area contributed by atoms with Gasteiger partial charge in [-0.2, -0.15) is 0 Å². The number of carboxylic acids is 1. The van der Waals surface area contributed by atoms with E-state index in [9.17, 15) is 24.3 Å². The van der Waals surface area contributed by atoms with Crippen LogP contribution >= 0.6 is 0 Å². The van der Waals surface area contributed by atoms with Crippen molar-refractivity contribution in [3.8, 4) is 0 Å². The Labute approximate surface area is 186 Å². The van der Waals surface area contributed by atoms with Crippen molar-refractivity contribution >= 4 is 23.7 Å². The molecule has 0 bridgehead atoms. The molecule has 0 radical (unpaired) electrons. The van der Waals surface area contributed by atoms with E-state index in [2.05, 4.69) is 15.9 Å². The summed E-state index contributed by atoms with van der Waals surface area (Å²) < 4.78 is 4.85. The second-order valence-corrected chi connectivity index (χ2v) is 8.46. The average Bonchev–Trinajstić information content (AvgIpc) is 3.35. The Morgan fingerprint density at radius 3 is 2.72 bits per heavy atom. The zero-order valence-corrected chi connectivity index (χ0v) is 18.3. The molecule has 11 nitrogen and oxygen atoms in total. The zero-order valence-electron chi connectivity index (χ0n) is 18.3. The number of likely N-dealkylation sites (tertiary alicyclic amines) is 1. The van der Waals surface area contributed by atoms with Gasteiger partial charge in [-0.05, 0) is 58.0 Å².